The van der Waals surface area contributed by atoms with Gasteiger partial charge in [0.2, 0.25) is 0 Å². The summed E-state index contributed by atoms with van der Waals surface area (Å²) in [5, 5.41) is 0. The van der Waals surface area contributed by atoms with Crippen LogP contribution >= 0.6 is 0 Å². The first-order valence-electron chi connectivity index (χ1n) is 9.54. The highest BCUT2D eigenvalue weighted by Gasteiger charge is 2.09. The van der Waals surface area contributed by atoms with Crippen LogP contribution in [0.3, 0.4) is 0 Å². The van der Waals surface area contributed by atoms with Gasteiger partial charge in [-0.25, -0.2) is 0 Å². The number of ether oxygens (including phenoxy) is 1. The molecule has 0 fully saturated rings. The Morgan fingerprint density at radius 2 is 1.43 bits per heavy atom. The van der Waals surface area contributed by atoms with Crippen LogP contribution in [0, 0.1) is 0 Å². The average molecular weight is 319 g/mol. The Morgan fingerprint density at radius 1 is 0.826 bits per heavy atom. The van der Waals surface area contributed by atoms with Crippen LogP contribution in [0.5, 0.6) is 5.75 Å². The van der Waals surface area contributed by atoms with E-state index in [4.69, 9.17) is 4.74 Å². The monoisotopic (exact) mass is 318 g/mol. The second kappa shape index (κ2) is 13.2. The van der Waals surface area contributed by atoms with Crippen LogP contribution in [-0.4, -0.2) is 6.47 Å². The van der Waals surface area contributed by atoms with Gasteiger partial charge in [0.25, 0.3) is 6.47 Å². The van der Waals surface area contributed by atoms with Gasteiger partial charge in [-0.3, -0.25) is 4.79 Å². The van der Waals surface area contributed by atoms with Gasteiger partial charge in [-0.1, -0.05) is 77.3 Å². The van der Waals surface area contributed by atoms with E-state index in [9.17, 15) is 4.79 Å². The molecule has 2 heteroatoms. The van der Waals surface area contributed by atoms with E-state index in [0.29, 0.717) is 6.47 Å². The van der Waals surface area contributed by atoms with E-state index in [-0.39, 0.29) is 0 Å². The molecule has 0 aliphatic carbocycles. The van der Waals surface area contributed by atoms with Crippen molar-refractivity contribution in [1.29, 1.82) is 0 Å². The van der Waals surface area contributed by atoms with E-state index in [1.165, 1.54) is 75.3 Å². The normalized spacial score (nSPS) is 10.7. The van der Waals surface area contributed by atoms with Crippen LogP contribution in [0.1, 0.15) is 89.2 Å². The van der Waals surface area contributed by atoms with Crippen molar-refractivity contribution in [2.24, 2.45) is 0 Å². The highest BCUT2D eigenvalue weighted by atomic mass is 16.5. The SMILES string of the molecule is CCCCCCCc1cccc(OC=O)c1CCCCCCC. The molecule has 2 nitrogen and oxygen atoms in total. The molecule has 0 spiro atoms. The summed E-state index contributed by atoms with van der Waals surface area (Å²) >= 11 is 0. The Labute approximate surface area is 142 Å². The lowest BCUT2D eigenvalue weighted by atomic mass is 9.95. The number of unbranched alkanes of at least 4 members (excludes halogenated alkanes) is 8. The summed E-state index contributed by atoms with van der Waals surface area (Å²) in [6, 6.07) is 6.15. The Bertz CT molecular complexity index is 426. The van der Waals surface area contributed by atoms with Crippen molar-refractivity contribution < 1.29 is 9.53 Å². The maximum atomic E-state index is 10.8. The van der Waals surface area contributed by atoms with Crippen molar-refractivity contribution >= 4 is 6.47 Å². The fourth-order valence-electron chi connectivity index (χ4n) is 3.12. The summed E-state index contributed by atoms with van der Waals surface area (Å²) in [5.41, 5.74) is 2.63. The molecular formula is C21H34O2. The fraction of sp³-hybridized carbons (Fsp3) is 0.667. The first kappa shape index (κ1) is 19.7. The zero-order valence-electron chi connectivity index (χ0n) is 15.1. The zero-order chi connectivity index (χ0) is 16.8. The van der Waals surface area contributed by atoms with Crippen LogP contribution in [0.25, 0.3) is 0 Å². The summed E-state index contributed by atoms with van der Waals surface area (Å²) in [6.45, 7) is 5.04. The molecule has 1 rings (SSSR count). The molecule has 0 heterocycles. The second-order valence-electron chi connectivity index (χ2n) is 6.44. The van der Waals surface area contributed by atoms with Gasteiger partial charge in [-0.05, 0) is 42.9 Å². The van der Waals surface area contributed by atoms with Crippen LogP contribution < -0.4 is 4.74 Å². The van der Waals surface area contributed by atoms with Crippen molar-refractivity contribution in [1.82, 2.24) is 0 Å². The highest BCUT2D eigenvalue weighted by Crippen LogP contribution is 2.26. The van der Waals surface area contributed by atoms with Gasteiger partial charge in [-0.15, -0.1) is 0 Å². The van der Waals surface area contributed by atoms with Crippen LogP contribution in [0.2, 0.25) is 0 Å². The smallest absolute Gasteiger partial charge is 0.298 e. The van der Waals surface area contributed by atoms with E-state index in [1.807, 2.05) is 12.1 Å². The molecule has 1 aromatic carbocycles. The molecule has 0 radical (unpaired) electrons. The van der Waals surface area contributed by atoms with Gasteiger partial charge in [0.15, 0.2) is 0 Å². The number of carbonyl (C=O) groups is 1. The summed E-state index contributed by atoms with van der Waals surface area (Å²) in [4.78, 5) is 10.8. The Morgan fingerprint density at radius 3 is 2.04 bits per heavy atom. The summed E-state index contributed by atoms with van der Waals surface area (Å²) < 4.78 is 5.22. The molecule has 23 heavy (non-hydrogen) atoms. The minimum atomic E-state index is 0.556. The number of hydrogen-bond donors (Lipinski definition) is 0. The topological polar surface area (TPSA) is 26.3 Å². The van der Waals surface area contributed by atoms with Crippen LogP contribution in [-0.2, 0) is 17.6 Å². The molecule has 0 saturated heterocycles. The van der Waals surface area contributed by atoms with Gasteiger partial charge in [0.05, 0.1) is 0 Å². The third-order valence-electron chi connectivity index (χ3n) is 4.49. The highest BCUT2D eigenvalue weighted by molar-refractivity contribution is 5.50. The molecule has 0 aromatic heterocycles. The lowest BCUT2D eigenvalue weighted by molar-refractivity contribution is -0.120. The average Bonchev–Trinajstić information content (AvgIpc) is 2.56. The van der Waals surface area contributed by atoms with E-state index in [0.717, 1.165) is 18.6 Å². The van der Waals surface area contributed by atoms with Crippen molar-refractivity contribution in [3.8, 4) is 5.75 Å². The summed E-state index contributed by atoms with van der Waals surface area (Å²) in [6.07, 6.45) is 14.9. The largest absolute Gasteiger partial charge is 0.428 e. The Hall–Kier alpha value is -1.31. The molecule has 0 amide bonds. The van der Waals surface area contributed by atoms with E-state index >= 15 is 0 Å². The third-order valence-corrected chi connectivity index (χ3v) is 4.49. The maximum Gasteiger partial charge on any atom is 0.298 e. The lowest BCUT2D eigenvalue weighted by Crippen LogP contribution is -2.01. The fourth-order valence-corrected chi connectivity index (χ4v) is 3.12. The van der Waals surface area contributed by atoms with E-state index in [1.54, 1.807) is 0 Å². The molecule has 0 bridgehead atoms. The minimum Gasteiger partial charge on any atom is -0.428 e. The number of rotatable bonds is 14. The summed E-state index contributed by atoms with van der Waals surface area (Å²) in [5.74, 6) is 0.765. The van der Waals surface area contributed by atoms with Crippen molar-refractivity contribution in [2.75, 3.05) is 0 Å². The molecule has 0 aliphatic rings. The summed E-state index contributed by atoms with van der Waals surface area (Å²) in [7, 11) is 0. The first-order valence-corrected chi connectivity index (χ1v) is 9.54. The molecule has 130 valence electrons. The molecular weight excluding hydrogens is 284 g/mol. The second-order valence-corrected chi connectivity index (χ2v) is 6.44. The molecule has 0 saturated carbocycles. The molecule has 0 atom stereocenters. The first-order chi connectivity index (χ1) is 11.3. The molecule has 0 aliphatic heterocycles. The number of hydrogen-bond acceptors (Lipinski definition) is 2. The van der Waals surface area contributed by atoms with Crippen molar-refractivity contribution in [3.63, 3.8) is 0 Å². The van der Waals surface area contributed by atoms with Crippen LogP contribution in [0.15, 0.2) is 18.2 Å². The molecule has 0 unspecified atom stereocenters. The molecule has 0 N–H and O–H groups in total. The zero-order valence-corrected chi connectivity index (χ0v) is 15.1. The van der Waals surface area contributed by atoms with Gasteiger partial charge >= 0.3 is 0 Å². The standard InChI is InChI=1S/C21H34O2/c1-3-5-7-9-11-14-19-15-13-17-21(23-18-22)20(19)16-12-10-8-6-4-2/h13,15,17-18H,3-12,14,16H2,1-2H3. The number of aryl methyl sites for hydroxylation is 1. The van der Waals surface area contributed by atoms with E-state index < -0.39 is 0 Å². The van der Waals surface area contributed by atoms with Gasteiger partial charge in [0, 0.05) is 0 Å². The molecule has 1 aromatic rings. The van der Waals surface area contributed by atoms with Gasteiger partial charge in [-0.2, -0.15) is 0 Å². The van der Waals surface area contributed by atoms with Crippen molar-refractivity contribution in [2.45, 2.75) is 90.9 Å². The van der Waals surface area contributed by atoms with Gasteiger partial charge < -0.3 is 4.74 Å². The van der Waals surface area contributed by atoms with Crippen molar-refractivity contribution in [3.05, 3.63) is 29.3 Å². The number of benzene rings is 1. The lowest BCUT2D eigenvalue weighted by Gasteiger charge is -2.13. The predicted molar refractivity (Wildman–Crippen MR) is 98.1 cm³/mol. The Kier molecular flexibility index (Phi) is 11.3. The third kappa shape index (κ3) is 8.20. The quantitative estimate of drug-likeness (QED) is 0.299. The predicted octanol–water partition coefficient (Wildman–Crippen LogP) is 6.25. The van der Waals surface area contributed by atoms with Gasteiger partial charge in [0.1, 0.15) is 5.75 Å². The Balaban J connectivity index is 2.59. The van der Waals surface area contributed by atoms with Crippen LogP contribution in [0.4, 0.5) is 0 Å². The maximum absolute atomic E-state index is 10.8. The minimum absolute atomic E-state index is 0.556. The number of carbonyl (C=O) groups excluding carboxylic acids is 1. The van der Waals surface area contributed by atoms with E-state index in [2.05, 4.69) is 19.9 Å².